The molecule has 0 fully saturated rings. The van der Waals surface area contributed by atoms with Gasteiger partial charge in [0, 0.05) is 11.9 Å². The van der Waals surface area contributed by atoms with Gasteiger partial charge in [0.25, 0.3) is 17.4 Å². The first-order valence-electron chi connectivity index (χ1n) is 8.47. The number of amides is 2. The summed E-state index contributed by atoms with van der Waals surface area (Å²) in [6.45, 7) is 1.72. The zero-order valence-electron chi connectivity index (χ0n) is 14.9. The van der Waals surface area contributed by atoms with E-state index in [4.69, 9.17) is 16.3 Å². The third-order valence-electron chi connectivity index (χ3n) is 3.89. The maximum atomic E-state index is 12.5. The van der Waals surface area contributed by atoms with Crippen LogP contribution in [0.2, 0.25) is 5.02 Å². The number of aryl methyl sites for hydroxylation is 1. The van der Waals surface area contributed by atoms with Gasteiger partial charge in [-0.1, -0.05) is 41.9 Å². The molecule has 8 nitrogen and oxygen atoms in total. The minimum absolute atomic E-state index is 0.0318. The van der Waals surface area contributed by atoms with Crippen LogP contribution >= 0.6 is 11.6 Å². The third-order valence-corrected chi connectivity index (χ3v) is 4.21. The molecule has 1 heterocycles. The van der Waals surface area contributed by atoms with Crippen LogP contribution in [0.25, 0.3) is 10.8 Å². The van der Waals surface area contributed by atoms with Crippen molar-refractivity contribution in [3.63, 3.8) is 0 Å². The van der Waals surface area contributed by atoms with Crippen molar-refractivity contribution in [2.45, 2.75) is 13.5 Å². The lowest BCUT2D eigenvalue weighted by molar-refractivity contribution is -0.123. The molecule has 0 saturated heterocycles. The van der Waals surface area contributed by atoms with Crippen molar-refractivity contribution in [3.05, 3.63) is 69.6 Å². The van der Waals surface area contributed by atoms with Crippen LogP contribution < -0.4 is 21.1 Å². The molecule has 0 radical (unpaired) electrons. The number of hydrazine groups is 1. The largest absolute Gasteiger partial charge is 0.482 e. The molecule has 144 valence electrons. The number of nitrogens with one attached hydrogen (secondary N) is 2. The highest BCUT2D eigenvalue weighted by molar-refractivity contribution is 6.32. The van der Waals surface area contributed by atoms with Crippen molar-refractivity contribution in [2.75, 3.05) is 6.61 Å². The first-order valence-corrected chi connectivity index (χ1v) is 8.85. The Morgan fingerprint density at radius 1 is 1.07 bits per heavy atom. The van der Waals surface area contributed by atoms with Gasteiger partial charge in [-0.2, -0.15) is 5.10 Å². The van der Waals surface area contributed by atoms with E-state index in [1.165, 1.54) is 4.68 Å². The molecule has 0 spiro atoms. The van der Waals surface area contributed by atoms with Gasteiger partial charge in [0.1, 0.15) is 5.75 Å². The molecule has 2 aromatic carbocycles. The van der Waals surface area contributed by atoms with E-state index in [-0.39, 0.29) is 17.9 Å². The SMILES string of the molecule is CCn1nc(C(=O)NNC(=O)COc2ccccc2Cl)c2ccccc2c1=O. The van der Waals surface area contributed by atoms with Gasteiger partial charge in [-0.05, 0) is 25.1 Å². The van der Waals surface area contributed by atoms with Crippen LogP contribution in [0.1, 0.15) is 17.4 Å². The van der Waals surface area contributed by atoms with Crippen LogP contribution in [0, 0.1) is 0 Å². The molecule has 28 heavy (non-hydrogen) atoms. The summed E-state index contributed by atoms with van der Waals surface area (Å²) < 4.78 is 6.50. The van der Waals surface area contributed by atoms with E-state index >= 15 is 0 Å². The molecule has 3 aromatic rings. The summed E-state index contributed by atoms with van der Waals surface area (Å²) in [7, 11) is 0. The number of benzene rings is 2. The van der Waals surface area contributed by atoms with Crippen molar-refractivity contribution in [2.24, 2.45) is 0 Å². The predicted octanol–water partition coefficient (Wildman–Crippen LogP) is 1.91. The Labute approximate surface area is 165 Å². The van der Waals surface area contributed by atoms with Crippen LogP contribution in [0.15, 0.2) is 53.3 Å². The van der Waals surface area contributed by atoms with Crippen LogP contribution in [0.5, 0.6) is 5.75 Å². The quantitative estimate of drug-likeness (QED) is 0.637. The van der Waals surface area contributed by atoms with Crippen molar-refractivity contribution in [1.82, 2.24) is 20.6 Å². The number of carbonyl (C=O) groups excluding carboxylic acids is 2. The summed E-state index contributed by atoms with van der Waals surface area (Å²) >= 11 is 5.95. The molecule has 0 aliphatic carbocycles. The minimum Gasteiger partial charge on any atom is -0.482 e. The average Bonchev–Trinajstić information content (AvgIpc) is 2.72. The molecular weight excluding hydrogens is 384 g/mol. The standard InChI is InChI=1S/C19H17ClN4O4/c1-2-24-19(27)13-8-4-3-7-12(13)17(23-24)18(26)22-21-16(25)11-28-15-10-6-5-9-14(15)20/h3-10H,2,11H2,1H3,(H,21,25)(H,22,26). The van der Waals surface area contributed by atoms with E-state index < -0.39 is 11.8 Å². The Morgan fingerprint density at radius 2 is 1.75 bits per heavy atom. The maximum Gasteiger partial charge on any atom is 0.290 e. The van der Waals surface area contributed by atoms with E-state index in [0.29, 0.717) is 28.1 Å². The molecule has 3 rings (SSSR count). The van der Waals surface area contributed by atoms with Crippen LogP contribution in [0.3, 0.4) is 0 Å². The van der Waals surface area contributed by atoms with Gasteiger partial charge in [0.2, 0.25) is 0 Å². The van der Waals surface area contributed by atoms with Crippen molar-refractivity contribution < 1.29 is 14.3 Å². The van der Waals surface area contributed by atoms with Crippen molar-refractivity contribution in [3.8, 4) is 5.75 Å². The number of hydrogen-bond donors (Lipinski definition) is 2. The van der Waals surface area contributed by atoms with Crippen LogP contribution in [-0.4, -0.2) is 28.2 Å². The fourth-order valence-electron chi connectivity index (χ4n) is 2.54. The fourth-order valence-corrected chi connectivity index (χ4v) is 2.73. The number of ether oxygens (including phenoxy) is 1. The van der Waals surface area contributed by atoms with Gasteiger partial charge in [0.15, 0.2) is 12.3 Å². The number of aromatic nitrogens is 2. The average molecular weight is 401 g/mol. The van der Waals surface area contributed by atoms with Gasteiger partial charge in [-0.25, -0.2) is 4.68 Å². The van der Waals surface area contributed by atoms with E-state index in [0.717, 1.165) is 0 Å². The fraction of sp³-hybridized carbons (Fsp3) is 0.158. The topological polar surface area (TPSA) is 102 Å². The highest BCUT2D eigenvalue weighted by Gasteiger charge is 2.17. The zero-order chi connectivity index (χ0) is 20.1. The predicted molar refractivity (Wildman–Crippen MR) is 104 cm³/mol. The summed E-state index contributed by atoms with van der Waals surface area (Å²) in [5.41, 5.74) is 4.28. The van der Waals surface area contributed by atoms with E-state index in [9.17, 15) is 14.4 Å². The van der Waals surface area contributed by atoms with Crippen molar-refractivity contribution >= 4 is 34.2 Å². The highest BCUT2D eigenvalue weighted by Crippen LogP contribution is 2.22. The second-order valence-corrected chi connectivity index (χ2v) is 6.14. The summed E-state index contributed by atoms with van der Waals surface area (Å²) in [5, 5.41) is 5.24. The second kappa shape index (κ2) is 8.53. The number of fused-ring (bicyclic) bond motifs is 1. The molecule has 1 aromatic heterocycles. The number of carbonyl (C=O) groups is 2. The molecule has 0 aliphatic rings. The molecule has 0 aliphatic heterocycles. The number of hydrogen-bond acceptors (Lipinski definition) is 5. The van der Waals surface area contributed by atoms with Gasteiger partial charge in [-0.15, -0.1) is 0 Å². The Balaban J connectivity index is 1.70. The lowest BCUT2D eigenvalue weighted by Crippen LogP contribution is -2.44. The van der Waals surface area contributed by atoms with E-state index in [2.05, 4.69) is 16.0 Å². The molecular formula is C19H17ClN4O4. The van der Waals surface area contributed by atoms with Gasteiger partial charge < -0.3 is 4.74 Å². The van der Waals surface area contributed by atoms with Gasteiger partial charge in [-0.3, -0.25) is 25.2 Å². The number of halogens is 1. The molecule has 0 unspecified atom stereocenters. The monoisotopic (exact) mass is 400 g/mol. The molecule has 2 N–H and O–H groups in total. The Hall–Kier alpha value is -3.39. The van der Waals surface area contributed by atoms with Crippen molar-refractivity contribution in [1.29, 1.82) is 0 Å². The first-order chi connectivity index (χ1) is 13.5. The summed E-state index contributed by atoms with van der Waals surface area (Å²) in [4.78, 5) is 36.8. The summed E-state index contributed by atoms with van der Waals surface area (Å²) in [5.74, 6) is -0.876. The number of nitrogens with zero attached hydrogens (tertiary/aromatic N) is 2. The molecule has 2 amide bonds. The van der Waals surface area contributed by atoms with Gasteiger partial charge in [0.05, 0.1) is 10.4 Å². The first kappa shape index (κ1) is 19.4. The van der Waals surface area contributed by atoms with E-state index in [1.54, 1.807) is 55.5 Å². The summed E-state index contributed by atoms with van der Waals surface area (Å²) in [6.07, 6.45) is 0. The van der Waals surface area contributed by atoms with Gasteiger partial charge >= 0.3 is 0 Å². The molecule has 0 saturated carbocycles. The Bertz CT molecular complexity index is 1100. The minimum atomic E-state index is -0.649. The normalized spacial score (nSPS) is 10.5. The lowest BCUT2D eigenvalue weighted by Gasteiger charge is -2.11. The molecule has 0 bridgehead atoms. The summed E-state index contributed by atoms with van der Waals surface area (Å²) in [6, 6.07) is 13.4. The van der Waals surface area contributed by atoms with Crippen LogP contribution in [-0.2, 0) is 11.3 Å². The van der Waals surface area contributed by atoms with E-state index in [1.807, 2.05) is 0 Å². The number of rotatable bonds is 5. The highest BCUT2D eigenvalue weighted by atomic mass is 35.5. The molecule has 9 heteroatoms. The Morgan fingerprint density at radius 3 is 2.46 bits per heavy atom. The third kappa shape index (κ3) is 4.12. The smallest absolute Gasteiger partial charge is 0.290 e. The lowest BCUT2D eigenvalue weighted by atomic mass is 10.1. The zero-order valence-corrected chi connectivity index (χ0v) is 15.7. The Kier molecular flexibility index (Phi) is 5.90. The molecule has 0 atom stereocenters. The van der Waals surface area contributed by atoms with Crippen LogP contribution in [0.4, 0.5) is 0 Å². The number of para-hydroxylation sites is 1. The maximum absolute atomic E-state index is 12.5. The second-order valence-electron chi connectivity index (χ2n) is 5.74.